The number of hydrogen-bond donors (Lipinski definition) is 1. The molecule has 1 aliphatic rings. The van der Waals surface area contributed by atoms with Crippen LogP contribution in [0.15, 0.2) is 28.8 Å². The zero-order valence-electron chi connectivity index (χ0n) is 12.0. The van der Waals surface area contributed by atoms with Crippen LogP contribution >= 0.6 is 23.2 Å². The van der Waals surface area contributed by atoms with Crippen LogP contribution < -0.4 is 4.90 Å². The third kappa shape index (κ3) is 3.55. The van der Waals surface area contributed by atoms with Crippen LogP contribution in [0.4, 0.5) is 5.69 Å². The highest BCUT2D eigenvalue weighted by molar-refractivity contribution is 6.36. The monoisotopic (exact) mass is 341 g/mol. The van der Waals surface area contributed by atoms with E-state index >= 15 is 0 Å². The molecule has 2 heterocycles. The molecule has 118 valence electrons. The Labute approximate surface area is 139 Å². The van der Waals surface area contributed by atoms with Crippen LogP contribution in [-0.4, -0.2) is 41.3 Å². The summed E-state index contributed by atoms with van der Waals surface area (Å²) in [5.41, 5.74) is 1.87. The minimum atomic E-state index is -0.115. The van der Waals surface area contributed by atoms with Crippen molar-refractivity contribution in [2.75, 3.05) is 31.1 Å². The van der Waals surface area contributed by atoms with Gasteiger partial charge in [-0.05, 0) is 18.2 Å². The van der Waals surface area contributed by atoms with Gasteiger partial charge in [0.05, 0.1) is 16.4 Å². The van der Waals surface area contributed by atoms with Gasteiger partial charge in [-0.3, -0.25) is 4.90 Å². The molecule has 1 saturated heterocycles. The predicted molar refractivity (Wildman–Crippen MR) is 86.4 cm³/mol. The van der Waals surface area contributed by atoms with E-state index in [1.165, 1.54) is 0 Å². The minimum absolute atomic E-state index is 0.115. The summed E-state index contributed by atoms with van der Waals surface area (Å²) in [7, 11) is 0. The Balaban J connectivity index is 1.58. The first-order valence-electron chi connectivity index (χ1n) is 7.13. The van der Waals surface area contributed by atoms with E-state index in [9.17, 15) is 0 Å². The summed E-state index contributed by atoms with van der Waals surface area (Å²) >= 11 is 12.2. The summed E-state index contributed by atoms with van der Waals surface area (Å²) in [6.07, 6.45) is 0. The lowest BCUT2D eigenvalue weighted by Gasteiger charge is -2.36. The largest absolute Gasteiger partial charge is 0.388 e. The topological polar surface area (TPSA) is 52.7 Å². The number of hydrogen-bond acceptors (Lipinski definition) is 5. The van der Waals surface area contributed by atoms with Gasteiger partial charge in [-0.1, -0.05) is 28.4 Å². The van der Waals surface area contributed by atoms with Crippen LogP contribution in [0, 0.1) is 0 Å². The SMILES string of the molecule is OCc1cc(CN2CCN(c3ccc(Cl)cc3Cl)CC2)no1. The standard InChI is InChI=1S/C15H17Cl2N3O2/c16-11-1-2-15(14(17)7-11)20-5-3-19(4-6-20)9-12-8-13(10-21)22-18-12/h1-2,7-8,21H,3-6,9-10H2. The first kappa shape index (κ1) is 15.6. The molecule has 1 fully saturated rings. The molecule has 1 aromatic heterocycles. The number of benzene rings is 1. The molecule has 7 heteroatoms. The molecule has 0 saturated carbocycles. The summed E-state index contributed by atoms with van der Waals surface area (Å²) < 4.78 is 5.01. The molecule has 0 spiro atoms. The van der Waals surface area contributed by atoms with E-state index in [0.29, 0.717) is 15.8 Å². The smallest absolute Gasteiger partial charge is 0.162 e. The normalized spacial score (nSPS) is 16.2. The van der Waals surface area contributed by atoms with Gasteiger partial charge in [0.25, 0.3) is 0 Å². The van der Waals surface area contributed by atoms with E-state index in [4.69, 9.17) is 32.8 Å². The Morgan fingerprint density at radius 3 is 2.55 bits per heavy atom. The summed E-state index contributed by atoms with van der Waals surface area (Å²) in [4.78, 5) is 4.57. The Morgan fingerprint density at radius 2 is 1.91 bits per heavy atom. The third-order valence-electron chi connectivity index (χ3n) is 3.77. The Morgan fingerprint density at radius 1 is 1.14 bits per heavy atom. The van der Waals surface area contributed by atoms with Gasteiger partial charge in [-0.25, -0.2) is 0 Å². The van der Waals surface area contributed by atoms with E-state index in [0.717, 1.165) is 44.1 Å². The molecule has 0 aliphatic carbocycles. The van der Waals surface area contributed by atoms with Gasteiger partial charge in [0.15, 0.2) is 5.76 Å². The highest BCUT2D eigenvalue weighted by atomic mass is 35.5. The fourth-order valence-electron chi connectivity index (χ4n) is 2.62. The molecule has 0 atom stereocenters. The molecule has 0 bridgehead atoms. The summed E-state index contributed by atoms with van der Waals surface area (Å²) in [5.74, 6) is 0.501. The molecule has 1 N–H and O–H groups in total. The van der Waals surface area contributed by atoms with E-state index in [2.05, 4.69) is 15.0 Å². The quantitative estimate of drug-likeness (QED) is 0.926. The number of rotatable bonds is 4. The Kier molecular flexibility index (Phi) is 4.88. The van der Waals surface area contributed by atoms with Crippen LogP contribution in [0.1, 0.15) is 11.5 Å². The van der Waals surface area contributed by atoms with Gasteiger partial charge >= 0.3 is 0 Å². The second kappa shape index (κ2) is 6.87. The molecule has 0 unspecified atom stereocenters. The fraction of sp³-hybridized carbons (Fsp3) is 0.400. The highest BCUT2D eigenvalue weighted by Crippen LogP contribution is 2.29. The van der Waals surface area contributed by atoms with Gasteiger partial charge in [0.1, 0.15) is 6.61 Å². The number of aliphatic hydroxyl groups is 1. The molecule has 2 aromatic rings. The minimum Gasteiger partial charge on any atom is -0.388 e. The van der Waals surface area contributed by atoms with E-state index in [1.54, 1.807) is 12.1 Å². The summed E-state index contributed by atoms with van der Waals surface area (Å²) in [6.45, 7) is 4.24. The molecule has 0 radical (unpaired) electrons. The van der Waals surface area contributed by atoms with Crippen LogP contribution in [0.3, 0.4) is 0 Å². The Hall–Kier alpha value is -1.27. The lowest BCUT2D eigenvalue weighted by atomic mass is 10.2. The number of halogens is 2. The van der Waals surface area contributed by atoms with Crippen LogP contribution in [0.25, 0.3) is 0 Å². The highest BCUT2D eigenvalue weighted by Gasteiger charge is 2.20. The average molecular weight is 342 g/mol. The molecule has 22 heavy (non-hydrogen) atoms. The summed E-state index contributed by atoms with van der Waals surface area (Å²) in [5, 5.41) is 14.3. The second-order valence-electron chi connectivity index (χ2n) is 5.30. The molecule has 1 aromatic carbocycles. The zero-order valence-corrected chi connectivity index (χ0v) is 13.5. The third-order valence-corrected chi connectivity index (χ3v) is 4.31. The molecule has 3 rings (SSSR count). The van der Waals surface area contributed by atoms with Crippen molar-refractivity contribution in [3.63, 3.8) is 0 Å². The van der Waals surface area contributed by atoms with E-state index < -0.39 is 0 Å². The zero-order chi connectivity index (χ0) is 15.5. The fourth-order valence-corrected chi connectivity index (χ4v) is 3.15. The molecule has 5 nitrogen and oxygen atoms in total. The molecular formula is C15H17Cl2N3O2. The lowest BCUT2D eigenvalue weighted by molar-refractivity contribution is 0.222. The maximum atomic E-state index is 8.99. The number of aromatic nitrogens is 1. The number of piperazine rings is 1. The summed E-state index contributed by atoms with van der Waals surface area (Å²) in [6, 6.07) is 7.39. The van der Waals surface area contributed by atoms with Crippen molar-refractivity contribution in [2.24, 2.45) is 0 Å². The number of anilines is 1. The maximum absolute atomic E-state index is 8.99. The van der Waals surface area contributed by atoms with Gasteiger partial charge in [0.2, 0.25) is 0 Å². The first-order valence-corrected chi connectivity index (χ1v) is 7.89. The van der Waals surface area contributed by atoms with Gasteiger partial charge in [-0.2, -0.15) is 0 Å². The van der Waals surface area contributed by atoms with Gasteiger partial charge < -0.3 is 14.5 Å². The Bertz CT molecular complexity index is 639. The van der Waals surface area contributed by atoms with Crippen molar-refractivity contribution in [3.05, 3.63) is 45.8 Å². The van der Waals surface area contributed by atoms with E-state index in [-0.39, 0.29) is 6.61 Å². The lowest BCUT2D eigenvalue weighted by Crippen LogP contribution is -2.46. The van der Waals surface area contributed by atoms with Crippen LogP contribution in [0.5, 0.6) is 0 Å². The first-order chi connectivity index (χ1) is 10.7. The van der Waals surface area contributed by atoms with Crippen molar-refractivity contribution >= 4 is 28.9 Å². The number of nitrogens with zero attached hydrogens (tertiary/aromatic N) is 3. The number of aliphatic hydroxyl groups excluding tert-OH is 1. The van der Waals surface area contributed by atoms with Crippen LogP contribution in [-0.2, 0) is 13.2 Å². The van der Waals surface area contributed by atoms with Crippen molar-refractivity contribution in [1.29, 1.82) is 0 Å². The molecule has 1 aliphatic heterocycles. The predicted octanol–water partition coefficient (Wildman–Crippen LogP) is 2.80. The van der Waals surface area contributed by atoms with Crippen molar-refractivity contribution in [2.45, 2.75) is 13.2 Å². The van der Waals surface area contributed by atoms with Crippen molar-refractivity contribution in [3.8, 4) is 0 Å². The van der Waals surface area contributed by atoms with E-state index in [1.807, 2.05) is 12.1 Å². The molecule has 0 amide bonds. The van der Waals surface area contributed by atoms with Crippen LogP contribution in [0.2, 0.25) is 10.0 Å². The molecular weight excluding hydrogens is 325 g/mol. The van der Waals surface area contributed by atoms with Crippen molar-refractivity contribution < 1.29 is 9.63 Å². The van der Waals surface area contributed by atoms with Gasteiger partial charge in [-0.15, -0.1) is 0 Å². The van der Waals surface area contributed by atoms with Crippen molar-refractivity contribution in [1.82, 2.24) is 10.1 Å². The maximum Gasteiger partial charge on any atom is 0.162 e. The second-order valence-corrected chi connectivity index (χ2v) is 6.15. The van der Waals surface area contributed by atoms with Gasteiger partial charge in [0, 0.05) is 43.8 Å². The average Bonchev–Trinajstić information content (AvgIpc) is 2.96.